The van der Waals surface area contributed by atoms with Crippen LogP contribution in [0.15, 0.2) is 54.6 Å². The molecule has 0 fully saturated rings. The van der Waals surface area contributed by atoms with E-state index in [2.05, 4.69) is 57.2 Å². The fourth-order valence-electron chi connectivity index (χ4n) is 2.70. The molecular formula is C21H28O. The van der Waals surface area contributed by atoms with E-state index < -0.39 is 0 Å². The van der Waals surface area contributed by atoms with Gasteiger partial charge in [-0.2, -0.15) is 0 Å². The van der Waals surface area contributed by atoms with Crippen LogP contribution in [-0.4, -0.2) is 0 Å². The molecule has 0 radical (unpaired) electrons. The lowest BCUT2D eigenvalue weighted by atomic mass is 9.80. The minimum atomic E-state index is 0.243. The van der Waals surface area contributed by atoms with Gasteiger partial charge in [-0.15, -0.1) is 0 Å². The summed E-state index contributed by atoms with van der Waals surface area (Å²) in [5, 5.41) is 0. The predicted molar refractivity (Wildman–Crippen MR) is 94.4 cm³/mol. The van der Waals surface area contributed by atoms with Crippen LogP contribution < -0.4 is 4.74 Å². The zero-order valence-corrected chi connectivity index (χ0v) is 14.1. The van der Waals surface area contributed by atoms with Crippen molar-refractivity contribution in [1.29, 1.82) is 0 Å². The van der Waals surface area contributed by atoms with Crippen molar-refractivity contribution in [1.82, 2.24) is 0 Å². The second-order valence-electron chi connectivity index (χ2n) is 6.64. The molecule has 2 rings (SSSR count). The lowest BCUT2D eigenvalue weighted by Crippen LogP contribution is -2.16. The molecule has 22 heavy (non-hydrogen) atoms. The first-order valence-electron chi connectivity index (χ1n) is 8.39. The fourth-order valence-corrected chi connectivity index (χ4v) is 2.70. The summed E-state index contributed by atoms with van der Waals surface area (Å²) in [6.45, 7) is 7.55. The highest BCUT2D eigenvalue weighted by Crippen LogP contribution is 2.30. The molecule has 0 unspecified atom stereocenters. The maximum absolute atomic E-state index is 5.86. The second kappa shape index (κ2) is 8.03. The first-order chi connectivity index (χ1) is 10.6. The molecule has 0 saturated heterocycles. The number of hydrogen-bond donors (Lipinski definition) is 0. The van der Waals surface area contributed by atoms with Gasteiger partial charge >= 0.3 is 0 Å². The van der Waals surface area contributed by atoms with E-state index in [1.807, 2.05) is 18.2 Å². The number of ether oxygens (including phenoxy) is 1. The summed E-state index contributed by atoms with van der Waals surface area (Å²) in [6, 6.07) is 18.9. The molecule has 118 valence electrons. The van der Waals surface area contributed by atoms with Crippen molar-refractivity contribution in [3.8, 4) is 5.75 Å². The van der Waals surface area contributed by atoms with Crippen molar-refractivity contribution in [3.05, 3.63) is 65.7 Å². The SMILES string of the molecule is CCCCCC(C)(C)c1ccc(OCc2ccccc2)cc1. The molecule has 0 heterocycles. The third-order valence-electron chi connectivity index (χ3n) is 4.29. The molecule has 0 saturated carbocycles. The smallest absolute Gasteiger partial charge is 0.119 e. The van der Waals surface area contributed by atoms with E-state index >= 15 is 0 Å². The molecule has 0 aliphatic heterocycles. The molecular weight excluding hydrogens is 268 g/mol. The Balaban J connectivity index is 1.92. The van der Waals surface area contributed by atoms with E-state index in [-0.39, 0.29) is 5.41 Å². The van der Waals surface area contributed by atoms with E-state index in [0.29, 0.717) is 6.61 Å². The Hall–Kier alpha value is -1.76. The molecule has 2 aromatic rings. The number of hydrogen-bond acceptors (Lipinski definition) is 1. The second-order valence-corrected chi connectivity index (χ2v) is 6.64. The average molecular weight is 296 g/mol. The quantitative estimate of drug-likeness (QED) is 0.533. The zero-order valence-electron chi connectivity index (χ0n) is 14.1. The topological polar surface area (TPSA) is 9.23 Å². The van der Waals surface area contributed by atoms with Crippen molar-refractivity contribution in [2.75, 3.05) is 0 Å². The van der Waals surface area contributed by atoms with Crippen LogP contribution in [0, 0.1) is 0 Å². The van der Waals surface area contributed by atoms with Gasteiger partial charge in [0, 0.05) is 0 Å². The van der Waals surface area contributed by atoms with Gasteiger partial charge in [-0.25, -0.2) is 0 Å². The van der Waals surface area contributed by atoms with Gasteiger partial charge < -0.3 is 4.74 Å². The fraction of sp³-hybridized carbons (Fsp3) is 0.429. The molecule has 0 spiro atoms. The van der Waals surface area contributed by atoms with E-state index in [9.17, 15) is 0 Å². The molecule has 0 N–H and O–H groups in total. The highest BCUT2D eigenvalue weighted by molar-refractivity contribution is 5.31. The molecule has 0 atom stereocenters. The van der Waals surface area contributed by atoms with Crippen LogP contribution in [0.25, 0.3) is 0 Å². The van der Waals surface area contributed by atoms with Crippen molar-refractivity contribution < 1.29 is 4.74 Å². The molecule has 1 nitrogen and oxygen atoms in total. The lowest BCUT2D eigenvalue weighted by Gasteiger charge is -2.25. The maximum Gasteiger partial charge on any atom is 0.119 e. The highest BCUT2D eigenvalue weighted by Gasteiger charge is 2.19. The summed E-state index contributed by atoms with van der Waals surface area (Å²) < 4.78 is 5.86. The molecule has 0 aliphatic carbocycles. The van der Waals surface area contributed by atoms with Gasteiger partial charge in [-0.05, 0) is 35.1 Å². The van der Waals surface area contributed by atoms with Crippen LogP contribution >= 0.6 is 0 Å². The van der Waals surface area contributed by atoms with Crippen molar-refractivity contribution in [3.63, 3.8) is 0 Å². The number of rotatable bonds is 8. The minimum Gasteiger partial charge on any atom is -0.489 e. The third kappa shape index (κ3) is 4.91. The molecule has 2 aromatic carbocycles. The molecule has 1 heteroatoms. The average Bonchev–Trinajstić information content (AvgIpc) is 2.54. The van der Waals surface area contributed by atoms with Crippen LogP contribution in [0.1, 0.15) is 57.6 Å². The Labute approximate surface area is 135 Å². The van der Waals surface area contributed by atoms with Crippen molar-refractivity contribution >= 4 is 0 Å². The molecule has 0 aliphatic rings. The summed E-state index contributed by atoms with van der Waals surface area (Å²) in [5.74, 6) is 0.942. The Bertz CT molecular complexity index is 540. The van der Waals surface area contributed by atoms with Gasteiger partial charge in [-0.1, -0.05) is 82.5 Å². The molecule has 0 aromatic heterocycles. The van der Waals surface area contributed by atoms with Crippen LogP contribution in [0.2, 0.25) is 0 Å². The van der Waals surface area contributed by atoms with Crippen molar-refractivity contribution in [2.45, 2.75) is 58.5 Å². The normalized spacial score (nSPS) is 11.4. The Morgan fingerprint density at radius 3 is 2.18 bits per heavy atom. The molecule has 0 bridgehead atoms. The summed E-state index contributed by atoms with van der Waals surface area (Å²) >= 11 is 0. The van der Waals surface area contributed by atoms with Crippen LogP contribution in [-0.2, 0) is 12.0 Å². The van der Waals surface area contributed by atoms with Gasteiger partial charge in [0.05, 0.1) is 0 Å². The largest absolute Gasteiger partial charge is 0.489 e. The van der Waals surface area contributed by atoms with Gasteiger partial charge in [0.25, 0.3) is 0 Å². The maximum atomic E-state index is 5.86. The first-order valence-corrected chi connectivity index (χ1v) is 8.39. The zero-order chi connectivity index (χ0) is 15.8. The van der Waals surface area contributed by atoms with E-state index in [1.165, 1.54) is 36.8 Å². The number of unbranched alkanes of at least 4 members (excludes halogenated alkanes) is 2. The highest BCUT2D eigenvalue weighted by atomic mass is 16.5. The summed E-state index contributed by atoms with van der Waals surface area (Å²) in [6.07, 6.45) is 5.14. The van der Waals surface area contributed by atoms with E-state index in [0.717, 1.165) is 5.75 Å². The monoisotopic (exact) mass is 296 g/mol. The lowest BCUT2D eigenvalue weighted by molar-refractivity contribution is 0.306. The summed E-state index contributed by atoms with van der Waals surface area (Å²) in [5.41, 5.74) is 2.84. The summed E-state index contributed by atoms with van der Waals surface area (Å²) in [4.78, 5) is 0. The Morgan fingerprint density at radius 1 is 0.864 bits per heavy atom. The Kier molecular flexibility index (Phi) is 6.06. The van der Waals surface area contributed by atoms with Crippen molar-refractivity contribution in [2.24, 2.45) is 0 Å². The van der Waals surface area contributed by atoms with Gasteiger partial charge in [0.1, 0.15) is 12.4 Å². The minimum absolute atomic E-state index is 0.243. The number of benzene rings is 2. The van der Waals surface area contributed by atoms with E-state index in [1.54, 1.807) is 0 Å². The Morgan fingerprint density at radius 2 is 1.55 bits per heavy atom. The molecule has 0 amide bonds. The van der Waals surface area contributed by atoms with Crippen LogP contribution in [0.5, 0.6) is 5.75 Å². The first kappa shape index (κ1) is 16.6. The van der Waals surface area contributed by atoms with Crippen LogP contribution in [0.3, 0.4) is 0 Å². The van der Waals surface area contributed by atoms with Gasteiger partial charge in [-0.3, -0.25) is 0 Å². The summed E-state index contributed by atoms with van der Waals surface area (Å²) in [7, 11) is 0. The van der Waals surface area contributed by atoms with Gasteiger partial charge in [0.2, 0.25) is 0 Å². The standard InChI is InChI=1S/C21H28O/c1-4-5-9-16-21(2,3)19-12-14-20(15-13-19)22-17-18-10-7-6-8-11-18/h6-8,10-15H,4-5,9,16-17H2,1-3H3. The van der Waals surface area contributed by atoms with E-state index in [4.69, 9.17) is 4.74 Å². The third-order valence-corrected chi connectivity index (χ3v) is 4.29. The predicted octanol–water partition coefficient (Wildman–Crippen LogP) is 6.12. The van der Waals surface area contributed by atoms with Crippen LogP contribution in [0.4, 0.5) is 0 Å². The van der Waals surface area contributed by atoms with Gasteiger partial charge in [0.15, 0.2) is 0 Å².